The highest BCUT2D eigenvalue weighted by Crippen LogP contribution is 2.35. The molecule has 1 aromatic rings. The minimum atomic E-state index is -0.00510. The molecule has 1 amide bonds. The molecule has 1 saturated heterocycles. The molecule has 0 aromatic carbocycles. The summed E-state index contributed by atoms with van der Waals surface area (Å²) in [5.41, 5.74) is 0.977. The molecule has 5 nitrogen and oxygen atoms in total. The molecule has 1 aliphatic heterocycles. The second kappa shape index (κ2) is 5.69. The van der Waals surface area contributed by atoms with Crippen LogP contribution in [0.3, 0.4) is 0 Å². The van der Waals surface area contributed by atoms with Crippen LogP contribution in [0.15, 0.2) is 16.9 Å². The van der Waals surface area contributed by atoms with Crippen molar-refractivity contribution in [3.63, 3.8) is 0 Å². The van der Waals surface area contributed by atoms with Crippen LogP contribution in [0.4, 0.5) is 0 Å². The van der Waals surface area contributed by atoms with E-state index >= 15 is 0 Å². The lowest BCUT2D eigenvalue weighted by Crippen LogP contribution is -2.56. The summed E-state index contributed by atoms with van der Waals surface area (Å²) in [6, 6.07) is 3.88. The van der Waals surface area contributed by atoms with Crippen molar-refractivity contribution in [1.82, 2.24) is 9.47 Å². The van der Waals surface area contributed by atoms with Gasteiger partial charge in [0.1, 0.15) is 11.9 Å². The van der Waals surface area contributed by atoms with Crippen LogP contribution in [0, 0.1) is 12.3 Å². The van der Waals surface area contributed by atoms with Gasteiger partial charge in [-0.3, -0.25) is 9.59 Å². The Labute approximate surface area is 137 Å². The minimum absolute atomic E-state index is 0.00510. The van der Waals surface area contributed by atoms with Crippen molar-refractivity contribution >= 4 is 5.91 Å². The zero-order chi connectivity index (χ0) is 16.8. The van der Waals surface area contributed by atoms with E-state index in [0.29, 0.717) is 31.3 Å². The van der Waals surface area contributed by atoms with Crippen molar-refractivity contribution < 1.29 is 9.53 Å². The van der Waals surface area contributed by atoms with E-state index in [2.05, 4.69) is 20.8 Å². The van der Waals surface area contributed by atoms with Gasteiger partial charge >= 0.3 is 0 Å². The number of amides is 1. The maximum Gasteiger partial charge on any atom is 0.254 e. The fourth-order valence-corrected chi connectivity index (χ4v) is 3.03. The maximum absolute atomic E-state index is 12.2. The molecule has 126 valence electrons. The van der Waals surface area contributed by atoms with E-state index < -0.39 is 0 Å². The first-order chi connectivity index (χ1) is 10.7. The van der Waals surface area contributed by atoms with E-state index in [4.69, 9.17) is 4.74 Å². The lowest BCUT2D eigenvalue weighted by molar-refractivity contribution is -0.141. The first kappa shape index (κ1) is 16.1. The average Bonchev–Trinajstić information content (AvgIpc) is 3.14. The molecule has 0 N–H and O–H groups in total. The minimum Gasteiger partial charge on any atom is -0.486 e. The molecular formula is C18H26N2O3. The first-order valence-corrected chi connectivity index (χ1v) is 8.40. The van der Waals surface area contributed by atoms with E-state index in [0.717, 1.165) is 18.5 Å². The largest absolute Gasteiger partial charge is 0.486 e. The number of hydrogen-bond acceptors (Lipinski definition) is 3. The third-order valence-electron chi connectivity index (χ3n) is 4.33. The molecule has 2 aliphatic rings. The van der Waals surface area contributed by atoms with E-state index in [-0.39, 0.29) is 23.0 Å². The van der Waals surface area contributed by atoms with Gasteiger partial charge in [0.25, 0.3) is 5.56 Å². The van der Waals surface area contributed by atoms with Gasteiger partial charge in [0, 0.05) is 24.2 Å². The Morgan fingerprint density at radius 2 is 1.91 bits per heavy atom. The lowest BCUT2D eigenvalue weighted by atomic mass is 9.91. The van der Waals surface area contributed by atoms with Gasteiger partial charge in [-0.15, -0.1) is 0 Å². The molecule has 1 aromatic heterocycles. The van der Waals surface area contributed by atoms with E-state index in [1.165, 1.54) is 0 Å². The molecule has 1 saturated carbocycles. The van der Waals surface area contributed by atoms with Crippen LogP contribution in [0.1, 0.15) is 51.8 Å². The second-order valence-corrected chi connectivity index (χ2v) is 8.05. The molecule has 3 rings (SSSR count). The number of pyridine rings is 1. The Balaban J connectivity index is 1.56. The van der Waals surface area contributed by atoms with Crippen LogP contribution in [0.25, 0.3) is 0 Å². The molecule has 0 atom stereocenters. The molecule has 23 heavy (non-hydrogen) atoms. The SMILES string of the molecule is Cc1cc(OC2CN(C(=O)CC(C)(C)C)C2)cc(=O)n1C1CC1. The zero-order valence-corrected chi connectivity index (χ0v) is 14.5. The Morgan fingerprint density at radius 1 is 1.26 bits per heavy atom. The highest BCUT2D eigenvalue weighted by atomic mass is 16.5. The Kier molecular flexibility index (Phi) is 3.98. The number of ether oxygens (including phenoxy) is 1. The molecular weight excluding hydrogens is 292 g/mol. The summed E-state index contributed by atoms with van der Waals surface area (Å²) in [5, 5.41) is 0. The summed E-state index contributed by atoms with van der Waals surface area (Å²) < 4.78 is 7.72. The van der Waals surface area contributed by atoms with Gasteiger partial charge in [-0.05, 0) is 31.2 Å². The quantitative estimate of drug-likeness (QED) is 0.857. The van der Waals surface area contributed by atoms with Crippen molar-refractivity contribution in [3.05, 3.63) is 28.2 Å². The monoisotopic (exact) mass is 318 g/mol. The van der Waals surface area contributed by atoms with E-state index in [1.54, 1.807) is 6.07 Å². The summed E-state index contributed by atoms with van der Waals surface area (Å²) in [7, 11) is 0. The Hall–Kier alpha value is -1.78. The average molecular weight is 318 g/mol. The third-order valence-corrected chi connectivity index (χ3v) is 4.33. The summed E-state index contributed by atoms with van der Waals surface area (Å²) in [6.07, 6.45) is 2.73. The van der Waals surface area contributed by atoms with Crippen LogP contribution < -0.4 is 10.3 Å². The fraction of sp³-hybridized carbons (Fsp3) is 0.667. The number of aromatic nitrogens is 1. The van der Waals surface area contributed by atoms with Gasteiger partial charge in [-0.25, -0.2) is 0 Å². The topological polar surface area (TPSA) is 51.5 Å². The number of aryl methyl sites for hydroxylation is 1. The van der Waals surface area contributed by atoms with Gasteiger partial charge < -0.3 is 14.2 Å². The molecule has 2 heterocycles. The van der Waals surface area contributed by atoms with Crippen LogP contribution in [0.2, 0.25) is 0 Å². The predicted molar refractivity (Wildman–Crippen MR) is 88.8 cm³/mol. The standard InChI is InChI=1S/C18H26N2O3/c1-12-7-14(8-16(21)20(12)13-5-6-13)23-15-10-19(11-15)17(22)9-18(2,3)4/h7-8,13,15H,5-6,9-11H2,1-4H3. The van der Waals surface area contributed by atoms with Crippen molar-refractivity contribution in [3.8, 4) is 5.75 Å². The number of nitrogens with zero attached hydrogens (tertiary/aromatic N) is 2. The van der Waals surface area contributed by atoms with Gasteiger partial charge in [-0.1, -0.05) is 20.8 Å². The zero-order valence-electron chi connectivity index (χ0n) is 14.5. The molecule has 5 heteroatoms. The van der Waals surface area contributed by atoms with E-state index in [1.807, 2.05) is 22.5 Å². The van der Waals surface area contributed by atoms with Crippen molar-refractivity contribution in [2.45, 2.75) is 59.1 Å². The number of likely N-dealkylation sites (tertiary alicyclic amines) is 1. The second-order valence-electron chi connectivity index (χ2n) is 8.05. The third kappa shape index (κ3) is 3.77. The highest BCUT2D eigenvalue weighted by molar-refractivity contribution is 5.77. The molecule has 0 spiro atoms. The number of hydrogen-bond donors (Lipinski definition) is 0. The lowest BCUT2D eigenvalue weighted by Gasteiger charge is -2.40. The van der Waals surface area contributed by atoms with Gasteiger partial charge in [0.05, 0.1) is 13.1 Å². The van der Waals surface area contributed by atoms with Crippen molar-refractivity contribution in [1.29, 1.82) is 0 Å². The Morgan fingerprint density at radius 3 is 2.43 bits per heavy atom. The smallest absolute Gasteiger partial charge is 0.254 e. The van der Waals surface area contributed by atoms with Crippen LogP contribution >= 0.6 is 0 Å². The molecule has 0 bridgehead atoms. The summed E-state index contributed by atoms with van der Waals surface area (Å²) in [6.45, 7) is 9.37. The summed E-state index contributed by atoms with van der Waals surface area (Å²) >= 11 is 0. The Bertz CT molecular complexity index is 662. The van der Waals surface area contributed by atoms with Gasteiger partial charge in [-0.2, -0.15) is 0 Å². The maximum atomic E-state index is 12.2. The first-order valence-electron chi connectivity index (χ1n) is 8.40. The number of carbonyl (C=O) groups is 1. The van der Waals surface area contributed by atoms with Crippen LogP contribution in [-0.2, 0) is 4.79 Å². The van der Waals surface area contributed by atoms with Crippen molar-refractivity contribution in [2.24, 2.45) is 5.41 Å². The van der Waals surface area contributed by atoms with Gasteiger partial charge in [0.15, 0.2) is 0 Å². The molecule has 1 aliphatic carbocycles. The van der Waals surface area contributed by atoms with Crippen LogP contribution in [0.5, 0.6) is 5.75 Å². The normalized spacial score (nSPS) is 18.7. The fourth-order valence-electron chi connectivity index (χ4n) is 3.03. The molecule has 0 radical (unpaired) electrons. The van der Waals surface area contributed by atoms with Gasteiger partial charge in [0.2, 0.25) is 5.91 Å². The van der Waals surface area contributed by atoms with E-state index in [9.17, 15) is 9.59 Å². The molecule has 0 unspecified atom stereocenters. The highest BCUT2D eigenvalue weighted by Gasteiger charge is 2.34. The summed E-state index contributed by atoms with van der Waals surface area (Å²) in [4.78, 5) is 26.1. The number of rotatable bonds is 4. The van der Waals surface area contributed by atoms with Crippen LogP contribution in [-0.4, -0.2) is 34.6 Å². The van der Waals surface area contributed by atoms with Crippen molar-refractivity contribution in [2.75, 3.05) is 13.1 Å². The molecule has 2 fully saturated rings. The predicted octanol–water partition coefficient (Wildman–Crippen LogP) is 2.52. The summed E-state index contributed by atoms with van der Waals surface area (Å²) in [5.74, 6) is 0.801. The number of carbonyl (C=O) groups excluding carboxylic acids is 1.